The highest BCUT2D eigenvalue weighted by Crippen LogP contribution is 2.29. The molecule has 0 spiro atoms. The largest absolute Gasteiger partial charge is 0.395 e. The van der Waals surface area contributed by atoms with Crippen LogP contribution >= 0.6 is 0 Å². The van der Waals surface area contributed by atoms with E-state index in [0.29, 0.717) is 12.0 Å². The number of aliphatic hydroxyl groups excluding tert-OH is 1. The van der Waals surface area contributed by atoms with Gasteiger partial charge in [0.25, 0.3) is 0 Å². The third-order valence-corrected chi connectivity index (χ3v) is 6.24. The van der Waals surface area contributed by atoms with Crippen molar-refractivity contribution in [3.8, 4) is 0 Å². The number of hydrogen-bond donors (Lipinski definition) is 1. The van der Waals surface area contributed by atoms with E-state index in [2.05, 4.69) is 4.98 Å². The van der Waals surface area contributed by atoms with Crippen LogP contribution in [0.5, 0.6) is 0 Å². The average Bonchev–Trinajstić information content (AvgIpc) is 2.87. The van der Waals surface area contributed by atoms with Crippen molar-refractivity contribution < 1.29 is 13.5 Å². The average molecular weight is 321 g/mol. The van der Waals surface area contributed by atoms with Crippen molar-refractivity contribution in [2.24, 2.45) is 7.05 Å². The van der Waals surface area contributed by atoms with Crippen LogP contribution in [0.4, 0.5) is 0 Å². The van der Waals surface area contributed by atoms with Gasteiger partial charge in [-0.25, -0.2) is 13.4 Å². The molecule has 0 amide bonds. The van der Waals surface area contributed by atoms with Crippen LogP contribution in [0.25, 0.3) is 0 Å². The van der Waals surface area contributed by atoms with Gasteiger partial charge in [-0.15, -0.1) is 0 Å². The Hall–Kier alpha value is -1.70. The molecule has 3 rings (SSSR count). The van der Waals surface area contributed by atoms with E-state index in [9.17, 15) is 13.5 Å². The Morgan fingerprint density at radius 3 is 2.77 bits per heavy atom. The minimum absolute atomic E-state index is 0.193. The first kappa shape index (κ1) is 15.2. The number of aliphatic hydroxyl groups is 1. The van der Waals surface area contributed by atoms with Crippen molar-refractivity contribution in [2.75, 3.05) is 6.61 Å². The lowest BCUT2D eigenvalue weighted by molar-refractivity contribution is 0.170. The van der Waals surface area contributed by atoms with E-state index in [1.54, 1.807) is 31.5 Å². The smallest absolute Gasteiger partial charge is 0.244 e. The zero-order chi connectivity index (χ0) is 15.9. The molecule has 7 heteroatoms. The predicted molar refractivity (Wildman–Crippen MR) is 81.7 cm³/mol. The molecule has 0 saturated carbocycles. The number of hydrogen-bond acceptors (Lipinski definition) is 4. The summed E-state index contributed by atoms with van der Waals surface area (Å²) in [7, 11) is -1.78. The molecule has 6 nitrogen and oxygen atoms in total. The molecule has 0 bridgehead atoms. The molecule has 0 fully saturated rings. The molecule has 22 heavy (non-hydrogen) atoms. The standard InChI is InChI=1S/C15H19N3O3S/c1-11-5-3-4-6-15(11)22(20,21)18-8-13-14(7-12(18)9-19)17(2)10-16-13/h3-6,10,12,19H,7-9H2,1-2H3/t12-/m0/s1. The number of benzene rings is 1. The second kappa shape index (κ2) is 5.49. The number of rotatable bonds is 3. The summed E-state index contributed by atoms with van der Waals surface area (Å²) in [5.74, 6) is 0. The lowest BCUT2D eigenvalue weighted by Crippen LogP contribution is -2.46. The maximum atomic E-state index is 13.0. The molecular formula is C15H19N3O3S. The lowest BCUT2D eigenvalue weighted by atomic mass is 10.1. The number of aromatic nitrogens is 2. The van der Waals surface area contributed by atoms with Crippen molar-refractivity contribution in [1.82, 2.24) is 13.9 Å². The van der Waals surface area contributed by atoms with Crippen LogP contribution in [-0.4, -0.2) is 40.0 Å². The van der Waals surface area contributed by atoms with E-state index in [1.807, 2.05) is 17.7 Å². The lowest BCUT2D eigenvalue weighted by Gasteiger charge is -2.33. The highest BCUT2D eigenvalue weighted by molar-refractivity contribution is 7.89. The SMILES string of the molecule is Cc1ccccc1S(=O)(=O)N1Cc2ncn(C)c2C[C@H]1CO. The molecule has 1 atom stereocenters. The van der Waals surface area contributed by atoms with Gasteiger partial charge in [0.2, 0.25) is 10.0 Å². The van der Waals surface area contributed by atoms with Gasteiger partial charge in [-0.1, -0.05) is 18.2 Å². The molecule has 1 N–H and O–H groups in total. The van der Waals surface area contributed by atoms with E-state index >= 15 is 0 Å². The highest BCUT2D eigenvalue weighted by atomic mass is 32.2. The number of imidazole rings is 1. The maximum absolute atomic E-state index is 13.0. The molecule has 2 aromatic rings. The quantitative estimate of drug-likeness (QED) is 0.909. The van der Waals surface area contributed by atoms with Crippen LogP contribution in [-0.2, 0) is 30.0 Å². The zero-order valence-corrected chi connectivity index (χ0v) is 13.4. The summed E-state index contributed by atoms with van der Waals surface area (Å²) in [6, 6.07) is 6.44. The van der Waals surface area contributed by atoms with Crippen LogP contribution < -0.4 is 0 Å². The molecule has 0 aliphatic carbocycles. The minimum atomic E-state index is -3.66. The van der Waals surface area contributed by atoms with Crippen LogP contribution in [0.2, 0.25) is 0 Å². The van der Waals surface area contributed by atoms with E-state index < -0.39 is 16.1 Å². The molecule has 1 aliphatic rings. The van der Waals surface area contributed by atoms with E-state index in [0.717, 1.165) is 11.4 Å². The maximum Gasteiger partial charge on any atom is 0.244 e. The fourth-order valence-corrected chi connectivity index (χ4v) is 4.71. The molecular weight excluding hydrogens is 302 g/mol. The summed E-state index contributed by atoms with van der Waals surface area (Å²) < 4.78 is 29.2. The van der Waals surface area contributed by atoms with Gasteiger partial charge in [-0.05, 0) is 18.6 Å². The minimum Gasteiger partial charge on any atom is -0.395 e. The Kier molecular flexibility index (Phi) is 3.80. The van der Waals surface area contributed by atoms with Crippen molar-refractivity contribution in [3.05, 3.63) is 47.5 Å². The molecule has 0 saturated heterocycles. The zero-order valence-electron chi connectivity index (χ0n) is 12.6. The molecule has 118 valence electrons. The fraction of sp³-hybridized carbons (Fsp3) is 0.400. The summed E-state index contributed by atoms with van der Waals surface area (Å²) in [6.45, 7) is 1.75. The van der Waals surface area contributed by atoms with E-state index in [4.69, 9.17) is 0 Å². The summed E-state index contributed by atoms with van der Waals surface area (Å²) in [5.41, 5.74) is 2.44. The Labute approximate surface area is 130 Å². The first-order chi connectivity index (χ1) is 10.4. The van der Waals surface area contributed by atoms with Crippen LogP contribution in [0.3, 0.4) is 0 Å². The Morgan fingerprint density at radius 1 is 1.36 bits per heavy atom. The van der Waals surface area contributed by atoms with Gasteiger partial charge >= 0.3 is 0 Å². The third-order valence-electron chi connectivity index (χ3n) is 4.18. The molecule has 0 unspecified atom stereocenters. The second-order valence-electron chi connectivity index (χ2n) is 5.61. The molecule has 1 aromatic carbocycles. The highest BCUT2D eigenvalue weighted by Gasteiger charge is 2.37. The summed E-state index contributed by atoms with van der Waals surface area (Å²) >= 11 is 0. The molecule has 1 aliphatic heterocycles. The van der Waals surface area contributed by atoms with E-state index in [-0.39, 0.29) is 18.0 Å². The monoisotopic (exact) mass is 321 g/mol. The van der Waals surface area contributed by atoms with Gasteiger partial charge in [0, 0.05) is 19.2 Å². The van der Waals surface area contributed by atoms with E-state index in [1.165, 1.54) is 4.31 Å². The van der Waals surface area contributed by atoms with Gasteiger partial charge in [0.05, 0.1) is 36.1 Å². The van der Waals surface area contributed by atoms with Gasteiger partial charge in [-0.2, -0.15) is 4.31 Å². The Morgan fingerprint density at radius 2 is 2.09 bits per heavy atom. The topological polar surface area (TPSA) is 75.4 Å². The summed E-state index contributed by atoms with van der Waals surface area (Å²) in [5, 5.41) is 9.66. The normalized spacial score (nSPS) is 19.1. The molecule has 2 heterocycles. The third kappa shape index (κ3) is 2.35. The van der Waals surface area contributed by atoms with Gasteiger partial charge < -0.3 is 9.67 Å². The number of sulfonamides is 1. The Bertz CT molecular complexity index is 798. The Balaban J connectivity index is 2.05. The van der Waals surface area contributed by atoms with Crippen molar-refractivity contribution in [2.45, 2.75) is 30.8 Å². The van der Waals surface area contributed by atoms with Crippen LogP contribution in [0, 0.1) is 6.92 Å². The van der Waals surface area contributed by atoms with Crippen molar-refractivity contribution in [1.29, 1.82) is 0 Å². The number of fused-ring (bicyclic) bond motifs is 1. The number of aryl methyl sites for hydroxylation is 2. The summed E-state index contributed by atoms with van der Waals surface area (Å²) in [6.07, 6.45) is 2.15. The predicted octanol–water partition coefficient (Wildman–Crippen LogP) is 0.836. The van der Waals surface area contributed by atoms with Gasteiger partial charge in [0.1, 0.15) is 0 Å². The van der Waals surface area contributed by atoms with Gasteiger partial charge in [-0.3, -0.25) is 0 Å². The molecule has 1 aromatic heterocycles. The fourth-order valence-electron chi connectivity index (χ4n) is 2.91. The van der Waals surface area contributed by atoms with Crippen molar-refractivity contribution >= 4 is 10.0 Å². The van der Waals surface area contributed by atoms with Crippen LogP contribution in [0.15, 0.2) is 35.5 Å². The van der Waals surface area contributed by atoms with Crippen LogP contribution in [0.1, 0.15) is 17.0 Å². The first-order valence-electron chi connectivity index (χ1n) is 7.12. The second-order valence-corrected chi connectivity index (χ2v) is 7.46. The number of nitrogens with zero attached hydrogens (tertiary/aromatic N) is 3. The molecule has 0 radical (unpaired) electrons. The van der Waals surface area contributed by atoms with Gasteiger partial charge in [0.15, 0.2) is 0 Å². The summed E-state index contributed by atoms with van der Waals surface area (Å²) in [4.78, 5) is 4.57. The first-order valence-corrected chi connectivity index (χ1v) is 8.56. The van der Waals surface area contributed by atoms with Crippen molar-refractivity contribution in [3.63, 3.8) is 0 Å².